The maximum Gasteiger partial charge on any atom is 0.165 e. The van der Waals surface area contributed by atoms with Crippen LogP contribution in [0.4, 0.5) is 11.4 Å². The second-order valence-corrected chi connectivity index (χ2v) is 4.02. The summed E-state index contributed by atoms with van der Waals surface area (Å²) in [6.07, 6.45) is 0. The van der Waals surface area contributed by atoms with Crippen molar-refractivity contribution in [2.75, 3.05) is 17.7 Å². The fraction of sp³-hybridized carbons (Fsp3) is 0.400. The van der Waals surface area contributed by atoms with Crippen LogP contribution in [-0.4, -0.2) is 12.1 Å². The van der Waals surface area contributed by atoms with Gasteiger partial charge in [0.2, 0.25) is 0 Å². The SMILES string of the molecule is CC1(C)COc2c(N)cccc2N1. The molecule has 0 bridgehead atoms. The molecule has 0 amide bonds. The highest BCUT2D eigenvalue weighted by Gasteiger charge is 2.26. The summed E-state index contributed by atoms with van der Waals surface area (Å²) < 4.78 is 5.58. The number of fused-ring (bicyclic) bond motifs is 1. The van der Waals surface area contributed by atoms with Gasteiger partial charge < -0.3 is 15.8 Å². The van der Waals surface area contributed by atoms with Gasteiger partial charge in [-0.2, -0.15) is 0 Å². The van der Waals surface area contributed by atoms with Crippen LogP contribution in [0.2, 0.25) is 0 Å². The average molecular weight is 178 g/mol. The number of anilines is 2. The first-order valence-electron chi connectivity index (χ1n) is 4.38. The van der Waals surface area contributed by atoms with E-state index in [0.717, 1.165) is 11.4 Å². The molecule has 1 aromatic carbocycles. The van der Waals surface area contributed by atoms with Crippen LogP contribution < -0.4 is 15.8 Å². The maximum atomic E-state index is 5.76. The lowest BCUT2D eigenvalue weighted by Gasteiger charge is -2.34. The minimum atomic E-state index is -0.0131. The molecule has 1 aliphatic rings. The predicted molar refractivity (Wildman–Crippen MR) is 54.1 cm³/mol. The summed E-state index contributed by atoms with van der Waals surface area (Å²) in [6.45, 7) is 4.84. The van der Waals surface area contributed by atoms with Gasteiger partial charge in [0, 0.05) is 0 Å². The van der Waals surface area contributed by atoms with Gasteiger partial charge in [-0.15, -0.1) is 0 Å². The van der Waals surface area contributed by atoms with Crippen molar-refractivity contribution in [2.24, 2.45) is 0 Å². The lowest BCUT2D eigenvalue weighted by molar-refractivity contribution is 0.243. The summed E-state index contributed by atoms with van der Waals surface area (Å²) in [5, 5.41) is 3.37. The molecule has 13 heavy (non-hydrogen) atoms. The number of nitrogen functional groups attached to an aromatic ring is 1. The molecule has 0 spiro atoms. The number of nitrogens with one attached hydrogen (secondary N) is 1. The van der Waals surface area contributed by atoms with Crippen LogP contribution in [0.25, 0.3) is 0 Å². The maximum absolute atomic E-state index is 5.76. The Morgan fingerprint density at radius 1 is 1.46 bits per heavy atom. The van der Waals surface area contributed by atoms with Crippen molar-refractivity contribution in [3.8, 4) is 5.75 Å². The Bertz CT molecular complexity index is 334. The van der Waals surface area contributed by atoms with Gasteiger partial charge >= 0.3 is 0 Å². The third-order valence-electron chi connectivity index (χ3n) is 2.10. The molecule has 0 aliphatic carbocycles. The summed E-state index contributed by atoms with van der Waals surface area (Å²) >= 11 is 0. The average Bonchev–Trinajstić information content (AvgIpc) is 2.02. The van der Waals surface area contributed by atoms with E-state index in [2.05, 4.69) is 19.2 Å². The normalized spacial score (nSPS) is 18.3. The molecule has 0 saturated carbocycles. The van der Waals surface area contributed by atoms with Crippen molar-refractivity contribution in [2.45, 2.75) is 19.4 Å². The molecule has 1 heterocycles. The predicted octanol–water partition coefficient (Wildman–Crippen LogP) is 1.85. The number of ether oxygens (including phenoxy) is 1. The van der Waals surface area contributed by atoms with Gasteiger partial charge in [0.15, 0.2) is 5.75 Å². The highest BCUT2D eigenvalue weighted by molar-refractivity contribution is 5.70. The van der Waals surface area contributed by atoms with Crippen molar-refractivity contribution >= 4 is 11.4 Å². The van der Waals surface area contributed by atoms with Crippen LogP contribution in [0, 0.1) is 0 Å². The third kappa shape index (κ3) is 1.41. The molecule has 3 heteroatoms. The van der Waals surface area contributed by atoms with Gasteiger partial charge in [-0.3, -0.25) is 0 Å². The number of hydrogen-bond donors (Lipinski definition) is 2. The van der Waals surface area contributed by atoms with Gasteiger partial charge in [-0.05, 0) is 26.0 Å². The smallest absolute Gasteiger partial charge is 0.165 e. The highest BCUT2D eigenvalue weighted by Crippen LogP contribution is 2.36. The van der Waals surface area contributed by atoms with E-state index < -0.39 is 0 Å². The lowest BCUT2D eigenvalue weighted by atomic mass is 10.0. The molecule has 0 saturated heterocycles. The van der Waals surface area contributed by atoms with E-state index in [4.69, 9.17) is 10.5 Å². The summed E-state index contributed by atoms with van der Waals surface area (Å²) in [7, 11) is 0. The van der Waals surface area contributed by atoms with E-state index in [0.29, 0.717) is 12.3 Å². The Morgan fingerprint density at radius 3 is 3.00 bits per heavy atom. The van der Waals surface area contributed by atoms with Crippen LogP contribution in [0.3, 0.4) is 0 Å². The second kappa shape index (κ2) is 2.55. The lowest BCUT2D eigenvalue weighted by Crippen LogP contribution is -2.41. The Hall–Kier alpha value is -1.38. The summed E-state index contributed by atoms with van der Waals surface area (Å²) in [6, 6.07) is 5.75. The molecule has 0 atom stereocenters. The molecule has 70 valence electrons. The minimum Gasteiger partial charge on any atom is -0.487 e. The molecule has 1 aliphatic heterocycles. The molecule has 0 radical (unpaired) electrons. The van der Waals surface area contributed by atoms with E-state index in [-0.39, 0.29) is 5.54 Å². The zero-order valence-electron chi connectivity index (χ0n) is 7.92. The van der Waals surface area contributed by atoms with Gasteiger partial charge in [-0.1, -0.05) is 6.07 Å². The third-order valence-corrected chi connectivity index (χ3v) is 2.10. The van der Waals surface area contributed by atoms with Crippen molar-refractivity contribution in [1.82, 2.24) is 0 Å². The number of rotatable bonds is 0. The molecule has 1 aromatic rings. The molecule has 0 fully saturated rings. The minimum absolute atomic E-state index is 0.0131. The molecule has 3 nitrogen and oxygen atoms in total. The van der Waals surface area contributed by atoms with Crippen molar-refractivity contribution < 1.29 is 4.74 Å². The molecular weight excluding hydrogens is 164 g/mol. The van der Waals surface area contributed by atoms with Crippen molar-refractivity contribution in [1.29, 1.82) is 0 Å². The zero-order valence-corrected chi connectivity index (χ0v) is 7.92. The number of benzene rings is 1. The number of hydrogen-bond acceptors (Lipinski definition) is 3. The standard InChI is InChI=1S/C10H14N2O/c1-10(2)6-13-9-7(11)4-3-5-8(9)12-10/h3-5,12H,6,11H2,1-2H3. The Kier molecular flexibility index (Phi) is 1.62. The fourth-order valence-corrected chi connectivity index (χ4v) is 1.47. The summed E-state index contributed by atoms with van der Waals surface area (Å²) in [5.74, 6) is 0.779. The molecular formula is C10H14N2O. The zero-order chi connectivity index (χ0) is 9.47. The van der Waals surface area contributed by atoms with E-state index >= 15 is 0 Å². The first-order valence-corrected chi connectivity index (χ1v) is 4.38. The quantitative estimate of drug-likeness (QED) is 0.596. The van der Waals surface area contributed by atoms with Crippen molar-refractivity contribution in [3.05, 3.63) is 18.2 Å². The van der Waals surface area contributed by atoms with E-state index in [1.807, 2.05) is 18.2 Å². The number of nitrogens with two attached hydrogens (primary N) is 1. The van der Waals surface area contributed by atoms with Gasteiger partial charge in [0.25, 0.3) is 0 Å². The highest BCUT2D eigenvalue weighted by atomic mass is 16.5. The molecule has 0 aromatic heterocycles. The molecule has 3 N–H and O–H groups in total. The van der Waals surface area contributed by atoms with E-state index in [1.54, 1.807) is 0 Å². The Balaban J connectivity index is 2.42. The summed E-state index contributed by atoms with van der Waals surface area (Å²) in [4.78, 5) is 0. The largest absolute Gasteiger partial charge is 0.487 e. The topological polar surface area (TPSA) is 47.3 Å². The van der Waals surface area contributed by atoms with E-state index in [1.165, 1.54) is 0 Å². The van der Waals surface area contributed by atoms with Crippen LogP contribution >= 0.6 is 0 Å². The fourth-order valence-electron chi connectivity index (χ4n) is 1.47. The van der Waals surface area contributed by atoms with Crippen molar-refractivity contribution in [3.63, 3.8) is 0 Å². The van der Waals surface area contributed by atoms with Gasteiger partial charge in [-0.25, -0.2) is 0 Å². The van der Waals surface area contributed by atoms with Gasteiger partial charge in [0.05, 0.1) is 16.9 Å². The molecule has 2 rings (SSSR count). The van der Waals surface area contributed by atoms with Crippen LogP contribution in [0.5, 0.6) is 5.75 Å². The second-order valence-electron chi connectivity index (χ2n) is 4.02. The van der Waals surface area contributed by atoms with E-state index in [9.17, 15) is 0 Å². The van der Waals surface area contributed by atoms with Crippen LogP contribution in [0.1, 0.15) is 13.8 Å². The first kappa shape index (κ1) is 8.23. The van der Waals surface area contributed by atoms with Crippen LogP contribution in [-0.2, 0) is 0 Å². The monoisotopic (exact) mass is 178 g/mol. The first-order chi connectivity index (χ1) is 6.08. The Labute approximate surface area is 77.9 Å². The van der Waals surface area contributed by atoms with Crippen LogP contribution in [0.15, 0.2) is 18.2 Å². The molecule has 0 unspecified atom stereocenters. The van der Waals surface area contributed by atoms with Gasteiger partial charge in [0.1, 0.15) is 6.61 Å². The Morgan fingerprint density at radius 2 is 2.23 bits per heavy atom. The number of para-hydroxylation sites is 1. The summed E-state index contributed by atoms with van der Waals surface area (Å²) in [5.41, 5.74) is 7.43.